The van der Waals surface area contributed by atoms with Crippen LogP contribution in [0.15, 0.2) is 24.3 Å². The topological polar surface area (TPSA) is 44.4 Å². The molecule has 110 valence electrons. The number of para-hydroxylation sites is 1. The smallest absolute Gasteiger partial charge is 0.238 e. The molecule has 4 nitrogen and oxygen atoms in total. The Hall–Kier alpha value is -1.39. The van der Waals surface area contributed by atoms with Crippen LogP contribution in [0.25, 0.3) is 0 Å². The molecule has 1 saturated heterocycles. The summed E-state index contributed by atoms with van der Waals surface area (Å²) in [7, 11) is 2.05. The molecule has 0 spiro atoms. The number of benzene rings is 1. The fraction of sp³-hybridized carbons (Fsp3) is 0.562. The number of hydrogen-bond acceptors (Lipinski definition) is 3. The number of nitrogens with one attached hydrogen (secondary N) is 2. The third-order valence-electron chi connectivity index (χ3n) is 3.98. The fourth-order valence-electron chi connectivity index (χ4n) is 2.70. The molecule has 0 aromatic heterocycles. The van der Waals surface area contributed by atoms with Gasteiger partial charge in [-0.3, -0.25) is 9.69 Å². The summed E-state index contributed by atoms with van der Waals surface area (Å²) in [5.74, 6) is 0.0685. The van der Waals surface area contributed by atoms with Crippen molar-refractivity contribution < 1.29 is 4.79 Å². The maximum atomic E-state index is 12.1. The average molecular weight is 275 g/mol. The number of amides is 1. The molecule has 1 unspecified atom stereocenters. The first-order valence-electron chi connectivity index (χ1n) is 7.43. The first-order valence-corrected chi connectivity index (χ1v) is 7.43. The van der Waals surface area contributed by atoms with Crippen LogP contribution in [0.5, 0.6) is 0 Å². The maximum absolute atomic E-state index is 12.1. The van der Waals surface area contributed by atoms with Crippen LogP contribution in [-0.4, -0.2) is 43.5 Å². The monoisotopic (exact) mass is 275 g/mol. The molecule has 1 atom stereocenters. The van der Waals surface area contributed by atoms with Gasteiger partial charge in [0, 0.05) is 11.7 Å². The Balaban J connectivity index is 1.85. The summed E-state index contributed by atoms with van der Waals surface area (Å²) < 4.78 is 0. The molecule has 0 saturated carbocycles. The van der Waals surface area contributed by atoms with E-state index in [0.29, 0.717) is 12.6 Å². The van der Waals surface area contributed by atoms with Gasteiger partial charge in [0.25, 0.3) is 0 Å². The van der Waals surface area contributed by atoms with E-state index in [-0.39, 0.29) is 5.91 Å². The molecular formula is C16H25N3O. The van der Waals surface area contributed by atoms with Crippen molar-refractivity contribution in [2.75, 3.05) is 32.0 Å². The zero-order valence-electron chi connectivity index (χ0n) is 12.5. The van der Waals surface area contributed by atoms with Gasteiger partial charge in [-0.1, -0.05) is 18.2 Å². The summed E-state index contributed by atoms with van der Waals surface area (Å²) in [5, 5.41) is 6.41. The number of likely N-dealkylation sites (N-methyl/N-ethyl adjacent to an activating group) is 1. The quantitative estimate of drug-likeness (QED) is 0.883. The lowest BCUT2D eigenvalue weighted by Gasteiger charge is -2.26. The van der Waals surface area contributed by atoms with Crippen molar-refractivity contribution >= 4 is 11.6 Å². The first-order chi connectivity index (χ1) is 9.66. The van der Waals surface area contributed by atoms with Gasteiger partial charge in [-0.25, -0.2) is 0 Å². The Morgan fingerprint density at radius 1 is 1.35 bits per heavy atom. The van der Waals surface area contributed by atoms with E-state index in [1.165, 1.54) is 12.8 Å². The van der Waals surface area contributed by atoms with Crippen LogP contribution < -0.4 is 10.6 Å². The number of aryl methyl sites for hydroxylation is 1. The molecule has 20 heavy (non-hydrogen) atoms. The van der Waals surface area contributed by atoms with Crippen LogP contribution in [0.1, 0.15) is 24.8 Å². The molecule has 1 aliphatic rings. The van der Waals surface area contributed by atoms with E-state index in [0.717, 1.165) is 30.8 Å². The van der Waals surface area contributed by atoms with Crippen LogP contribution in [0.4, 0.5) is 5.69 Å². The lowest BCUT2D eigenvalue weighted by molar-refractivity contribution is -0.117. The number of nitrogens with zero attached hydrogens (tertiary/aromatic N) is 1. The van der Waals surface area contributed by atoms with Crippen LogP contribution in [-0.2, 0) is 4.79 Å². The van der Waals surface area contributed by atoms with Crippen molar-refractivity contribution in [2.45, 2.75) is 32.2 Å². The molecule has 0 aliphatic carbocycles. The van der Waals surface area contributed by atoms with Gasteiger partial charge in [0.15, 0.2) is 0 Å². The van der Waals surface area contributed by atoms with Gasteiger partial charge in [-0.2, -0.15) is 0 Å². The van der Waals surface area contributed by atoms with Gasteiger partial charge in [0.1, 0.15) is 0 Å². The molecule has 1 aromatic rings. The van der Waals surface area contributed by atoms with Gasteiger partial charge < -0.3 is 10.6 Å². The summed E-state index contributed by atoms with van der Waals surface area (Å²) in [6.45, 7) is 4.61. The lowest BCUT2D eigenvalue weighted by Crippen LogP contribution is -2.38. The molecule has 0 radical (unpaired) electrons. The summed E-state index contributed by atoms with van der Waals surface area (Å²) in [5.41, 5.74) is 2.01. The standard InChI is InChI=1S/C16H25N3O/c1-13-6-3-4-8-15(13)18-16(20)12-19(2)14-7-5-10-17-11-9-14/h3-4,6,8,14,17H,5,7,9-12H2,1-2H3,(H,18,20). The minimum absolute atomic E-state index is 0.0685. The molecule has 1 fully saturated rings. The Morgan fingerprint density at radius 3 is 2.95 bits per heavy atom. The van der Waals surface area contributed by atoms with Crippen molar-refractivity contribution in [1.29, 1.82) is 0 Å². The van der Waals surface area contributed by atoms with E-state index >= 15 is 0 Å². The Labute approximate surface area is 121 Å². The molecule has 1 aliphatic heterocycles. The number of carbonyl (C=O) groups is 1. The largest absolute Gasteiger partial charge is 0.325 e. The highest BCUT2D eigenvalue weighted by Crippen LogP contribution is 2.14. The van der Waals surface area contributed by atoms with Crippen molar-refractivity contribution in [3.63, 3.8) is 0 Å². The van der Waals surface area contributed by atoms with Crippen molar-refractivity contribution in [3.8, 4) is 0 Å². The molecule has 1 amide bonds. The van der Waals surface area contributed by atoms with Crippen molar-refractivity contribution in [2.24, 2.45) is 0 Å². The molecule has 0 bridgehead atoms. The predicted octanol–water partition coefficient (Wildman–Crippen LogP) is 2.01. The van der Waals surface area contributed by atoms with Crippen LogP contribution in [0.3, 0.4) is 0 Å². The molecule has 4 heteroatoms. The molecular weight excluding hydrogens is 250 g/mol. The summed E-state index contributed by atoms with van der Waals surface area (Å²) in [6, 6.07) is 8.39. The lowest BCUT2D eigenvalue weighted by atomic mass is 10.1. The minimum Gasteiger partial charge on any atom is -0.325 e. The Morgan fingerprint density at radius 2 is 2.15 bits per heavy atom. The van der Waals surface area contributed by atoms with Gasteiger partial charge >= 0.3 is 0 Å². The van der Waals surface area contributed by atoms with Gasteiger partial charge in [-0.05, 0) is 58.0 Å². The second-order valence-corrected chi connectivity index (χ2v) is 5.61. The Bertz CT molecular complexity index is 439. The van der Waals surface area contributed by atoms with Gasteiger partial charge in [-0.15, -0.1) is 0 Å². The maximum Gasteiger partial charge on any atom is 0.238 e. The van der Waals surface area contributed by atoms with Crippen molar-refractivity contribution in [1.82, 2.24) is 10.2 Å². The number of hydrogen-bond donors (Lipinski definition) is 2. The van der Waals surface area contributed by atoms with E-state index in [4.69, 9.17) is 0 Å². The van der Waals surface area contributed by atoms with Crippen LogP contribution >= 0.6 is 0 Å². The second-order valence-electron chi connectivity index (χ2n) is 5.61. The highest BCUT2D eigenvalue weighted by Gasteiger charge is 2.18. The number of carbonyl (C=O) groups excluding carboxylic acids is 1. The highest BCUT2D eigenvalue weighted by molar-refractivity contribution is 5.92. The van der Waals surface area contributed by atoms with E-state index in [1.54, 1.807) is 0 Å². The van der Waals surface area contributed by atoms with Crippen LogP contribution in [0, 0.1) is 6.92 Å². The summed E-state index contributed by atoms with van der Waals surface area (Å²) in [6.07, 6.45) is 3.48. The third-order valence-corrected chi connectivity index (χ3v) is 3.98. The van der Waals surface area contributed by atoms with E-state index in [2.05, 4.69) is 15.5 Å². The van der Waals surface area contributed by atoms with E-state index in [9.17, 15) is 4.79 Å². The Kier molecular flexibility index (Phi) is 5.56. The molecule has 1 aromatic carbocycles. The SMILES string of the molecule is Cc1ccccc1NC(=O)CN(C)C1CCCNCC1. The van der Waals surface area contributed by atoms with Crippen molar-refractivity contribution in [3.05, 3.63) is 29.8 Å². The zero-order valence-corrected chi connectivity index (χ0v) is 12.5. The average Bonchev–Trinajstić information content (AvgIpc) is 2.70. The van der Waals surface area contributed by atoms with Gasteiger partial charge in [0.2, 0.25) is 5.91 Å². The van der Waals surface area contributed by atoms with E-state index in [1.807, 2.05) is 38.2 Å². The first kappa shape index (κ1) is 15.0. The number of anilines is 1. The normalized spacial score (nSPS) is 19.6. The second kappa shape index (κ2) is 7.41. The predicted molar refractivity (Wildman–Crippen MR) is 82.9 cm³/mol. The molecule has 2 N–H and O–H groups in total. The fourth-order valence-corrected chi connectivity index (χ4v) is 2.70. The van der Waals surface area contributed by atoms with Crippen LogP contribution in [0.2, 0.25) is 0 Å². The third kappa shape index (κ3) is 4.32. The number of rotatable bonds is 4. The molecule has 2 rings (SSSR count). The van der Waals surface area contributed by atoms with E-state index < -0.39 is 0 Å². The minimum atomic E-state index is 0.0685. The zero-order chi connectivity index (χ0) is 14.4. The summed E-state index contributed by atoms with van der Waals surface area (Å²) in [4.78, 5) is 14.3. The van der Waals surface area contributed by atoms with Gasteiger partial charge in [0.05, 0.1) is 6.54 Å². The summed E-state index contributed by atoms with van der Waals surface area (Å²) >= 11 is 0. The highest BCUT2D eigenvalue weighted by atomic mass is 16.2. The molecule has 1 heterocycles.